The van der Waals surface area contributed by atoms with E-state index in [1.165, 1.54) is 31.3 Å². The summed E-state index contributed by atoms with van der Waals surface area (Å²) in [5, 5.41) is 4.06. The van der Waals surface area contributed by atoms with Gasteiger partial charge in [-0.2, -0.15) is 0 Å². The Balaban J connectivity index is 2.46. The van der Waals surface area contributed by atoms with E-state index in [9.17, 15) is 0 Å². The number of hydrogen-bond acceptors (Lipinski definition) is 1. The van der Waals surface area contributed by atoms with E-state index in [0.717, 1.165) is 0 Å². The summed E-state index contributed by atoms with van der Waals surface area (Å²) in [5.41, 5.74) is 1.33. The van der Waals surface area contributed by atoms with Crippen molar-refractivity contribution < 1.29 is 0 Å². The lowest BCUT2D eigenvalue weighted by molar-refractivity contribution is 1.51. The average molecular weight is 212 g/mol. The van der Waals surface area contributed by atoms with Gasteiger partial charge in [0.2, 0.25) is 0 Å². The van der Waals surface area contributed by atoms with Crippen LogP contribution in [0.4, 0.5) is 0 Å². The lowest BCUT2D eigenvalue weighted by Crippen LogP contribution is -1.74. The topological polar surface area (TPSA) is 0 Å². The Bertz CT molecular complexity index is 647. The van der Waals surface area contributed by atoms with Gasteiger partial charge in [-0.25, -0.2) is 0 Å². The molecule has 0 fully saturated rings. The molecule has 0 N–H and O–H groups in total. The molecule has 0 saturated carbocycles. The minimum absolute atomic E-state index is 1.33. The van der Waals surface area contributed by atoms with Crippen LogP contribution in [0.25, 0.3) is 20.9 Å². The number of aryl methyl sites for hydroxylation is 2. The van der Waals surface area contributed by atoms with E-state index in [0.29, 0.717) is 0 Å². The van der Waals surface area contributed by atoms with Crippen LogP contribution >= 0.6 is 11.3 Å². The highest BCUT2D eigenvalue weighted by molar-refractivity contribution is 7.19. The molecule has 0 bridgehead atoms. The van der Waals surface area contributed by atoms with Gasteiger partial charge in [-0.15, -0.1) is 11.3 Å². The molecule has 1 aromatic heterocycles. The van der Waals surface area contributed by atoms with E-state index < -0.39 is 0 Å². The van der Waals surface area contributed by atoms with Crippen LogP contribution in [0.5, 0.6) is 0 Å². The van der Waals surface area contributed by atoms with Crippen molar-refractivity contribution in [3.8, 4) is 0 Å². The van der Waals surface area contributed by atoms with Gasteiger partial charge in [0.1, 0.15) is 0 Å². The lowest BCUT2D eigenvalue weighted by atomic mass is 10.1. The van der Waals surface area contributed by atoms with Crippen molar-refractivity contribution in [1.29, 1.82) is 0 Å². The van der Waals surface area contributed by atoms with Crippen LogP contribution < -0.4 is 0 Å². The number of fused-ring (bicyclic) bond motifs is 2. The first-order chi connectivity index (χ1) is 7.22. The summed E-state index contributed by atoms with van der Waals surface area (Å²) >= 11 is 1.87. The second-order valence-corrected chi connectivity index (χ2v) is 5.39. The van der Waals surface area contributed by atoms with Crippen LogP contribution in [0.3, 0.4) is 0 Å². The van der Waals surface area contributed by atoms with Crippen LogP contribution in [0, 0.1) is 13.8 Å². The Morgan fingerprint density at radius 1 is 0.800 bits per heavy atom. The highest BCUT2D eigenvalue weighted by atomic mass is 32.1. The number of rotatable bonds is 0. The quantitative estimate of drug-likeness (QED) is 0.508. The zero-order valence-electron chi connectivity index (χ0n) is 8.87. The van der Waals surface area contributed by atoms with Gasteiger partial charge >= 0.3 is 0 Å². The molecule has 0 aliphatic rings. The number of hydrogen-bond donors (Lipinski definition) is 0. The Hall–Kier alpha value is -1.34. The first-order valence-corrected chi connectivity index (χ1v) is 5.94. The van der Waals surface area contributed by atoms with E-state index in [2.05, 4.69) is 50.2 Å². The molecule has 0 unspecified atom stereocenters. The fraction of sp³-hybridized carbons (Fsp3) is 0.143. The minimum atomic E-state index is 1.33. The molecule has 0 radical (unpaired) electrons. The second-order valence-electron chi connectivity index (χ2n) is 4.10. The van der Waals surface area contributed by atoms with E-state index in [-0.39, 0.29) is 0 Å². The molecule has 0 saturated heterocycles. The zero-order valence-corrected chi connectivity index (χ0v) is 9.69. The van der Waals surface area contributed by atoms with Gasteiger partial charge in [0.05, 0.1) is 0 Å². The van der Waals surface area contributed by atoms with Gasteiger partial charge in [0, 0.05) is 9.58 Å². The van der Waals surface area contributed by atoms with Crippen molar-refractivity contribution in [1.82, 2.24) is 0 Å². The third kappa shape index (κ3) is 1.44. The van der Waals surface area contributed by atoms with Gasteiger partial charge in [0.25, 0.3) is 0 Å². The molecule has 0 amide bonds. The summed E-state index contributed by atoms with van der Waals surface area (Å²) in [7, 11) is 0. The fourth-order valence-electron chi connectivity index (χ4n) is 2.04. The van der Waals surface area contributed by atoms with Gasteiger partial charge in [-0.1, -0.05) is 23.8 Å². The molecule has 2 aromatic carbocycles. The molecule has 15 heavy (non-hydrogen) atoms. The second kappa shape index (κ2) is 3.07. The molecule has 0 aliphatic heterocycles. The van der Waals surface area contributed by atoms with E-state index in [1.54, 1.807) is 0 Å². The maximum absolute atomic E-state index is 2.30. The van der Waals surface area contributed by atoms with Crippen LogP contribution in [-0.4, -0.2) is 0 Å². The Labute approximate surface area is 93.2 Å². The largest absolute Gasteiger partial charge is 0.141 e. The summed E-state index contributed by atoms with van der Waals surface area (Å²) in [4.78, 5) is 1.39. The summed E-state index contributed by atoms with van der Waals surface area (Å²) < 4.78 is 1.39. The molecular formula is C14H12S. The van der Waals surface area contributed by atoms with Crippen LogP contribution in [0.1, 0.15) is 10.4 Å². The minimum Gasteiger partial charge on any atom is -0.141 e. The van der Waals surface area contributed by atoms with Crippen LogP contribution in [-0.2, 0) is 0 Å². The van der Waals surface area contributed by atoms with Crippen molar-refractivity contribution in [3.05, 3.63) is 46.8 Å². The van der Waals surface area contributed by atoms with Gasteiger partial charge in [-0.05, 0) is 48.2 Å². The highest BCUT2D eigenvalue weighted by Crippen LogP contribution is 2.29. The fourth-order valence-corrected chi connectivity index (χ4v) is 2.99. The van der Waals surface area contributed by atoms with E-state index >= 15 is 0 Å². The third-order valence-corrected chi connectivity index (χ3v) is 3.77. The summed E-state index contributed by atoms with van der Waals surface area (Å²) in [6.07, 6.45) is 0. The SMILES string of the molecule is Cc1ccc2cc3cc(C)sc3cc2c1. The molecule has 1 heteroatoms. The summed E-state index contributed by atoms with van der Waals surface area (Å²) in [5.74, 6) is 0. The monoisotopic (exact) mass is 212 g/mol. The molecule has 0 aliphatic carbocycles. The summed E-state index contributed by atoms with van der Waals surface area (Å²) in [6, 6.07) is 13.5. The van der Waals surface area contributed by atoms with Crippen molar-refractivity contribution in [2.75, 3.05) is 0 Å². The first kappa shape index (κ1) is 8.93. The molecule has 74 valence electrons. The summed E-state index contributed by atoms with van der Waals surface area (Å²) in [6.45, 7) is 4.31. The number of thiophene rings is 1. The molecular weight excluding hydrogens is 200 g/mol. The Kier molecular flexibility index (Phi) is 1.83. The van der Waals surface area contributed by atoms with Crippen molar-refractivity contribution in [2.45, 2.75) is 13.8 Å². The first-order valence-electron chi connectivity index (χ1n) is 5.13. The Morgan fingerprint density at radius 2 is 1.67 bits per heavy atom. The normalized spacial score (nSPS) is 11.3. The highest BCUT2D eigenvalue weighted by Gasteiger charge is 2.01. The third-order valence-electron chi connectivity index (χ3n) is 2.75. The van der Waals surface area contributed by atoms with Crippen molar-refractivity contribution in [3.63, 3.8) is 0 Å². The smallest absolute Gasteiger partial charge is 0.0351 e. The van der Waals surface area contributed by atoms with Gasteiger partial charge in [-0.3, -0.25) is 0 Å². The van der Waals surface area contributed by atoms with Crippen LogP contribution in [0.2, 0.25) is 0 Å². The predicted octanol–water partition coefficient (Wildman–Crippen LogP) is 4.67. The molecule has 3 aromatic rings. The van der Waals surface area contributed by atoms with Gasteiger partial charge in [0.15, 0.2) is 0 Å². The standard InChI is InChI=1S/C14H12S/c1-9-3-4-11-7-13-6-10(2)15-14(13)8-12(11)5-9/h3-8H,1-2H3. The average Bonchev–Trinajstić information content (AvgIpc) is 2.53. The van der Waals surface area contributed by atoms with E-state index in [4.69, 9.17) is 0 Å². The molecule has 0 atom stereocenters. The number of benzene rings is 2. The maximum atomic E-state index is 2.30. The lowest BCUT2D eigenvalue weighted by Gasteiger charge is -1.99. The Morgan fingerprint density at radius 3 is 2.53 bits per heavy atom. The van der Waals surface area contributed by atoms with Crippen LogP contribution in [0.15, 0.2) is 36.4 Å². The molecule has 0 spiro atoms. The van der Waals surface area contributed by atoms with Crippen molar-refractivity contribution >= 4 is 32.2 Å². The van der Waals surface area contributed by atoms with E-state index in [1.807, 2.05) is 11.3 Å². The molecule has 0 nitrogen and oxygen atoms in total. The molecule has 1 heterocycles. The predicted molar refractivity (Wildman–Crippen MR) is 68.8 cm³/mol. The zero-order chi connectivity index (χ0) is 10.4. The van der Waals surface area contributed by atoms with Gasteiger partial charge < -0.3 is 0 Å². The maximum Gasteiger partial charge on any atom is 0.0351 e. The molecule has 3 rings (SSSR count). The van der Waals surface area contributed by atoms with Crippen molar-refractivity contribution in [2.24, 2.45) is 0 Å².